The summed E-state index contributed by atoms with van der Waals surface area (Å²) in [6, 6.07) is 23.0. The third-order valence-corrected chi connectivity index (χ3v) is 9.12. The Labute approximate surface area is 352 Å². The fourth-order valence-corrected chi connectivity index (χ4v) is 6.22. The molecule has 6 rings (SSSR count). The van der Waals surface area contributed by atoms with E-state index >= 15 is 0 Å². The predicted molar refractivity (Wildman–Crippen MR) is 218 cm³/mol. The number of nitriles is 2. The quantitative estimate of drug-likeness (QED) is 0.0558. The van der Waals surface area contributed by atoms with Gasteiger partial charge in [0, 0.05) is 62.8 Å². The van der Waals surface area contributed by atoms with Crippen molar-refractivity contribution in [3.05, 3.63) is 136 Å². The van der Waals surface area contributed by atoms with Crippen molar-refractivity contribution in [2.24, 2.45) is 0 Å². The normalized spacial score (nSPS) is 11.8. The third-order valence-electron chi connectivity index (χ3n) is 9.12. The standard InChI is InChI=1S/C22H13F6N3O3.C22H19N3O4/c23-21(24,25)14-6-15(22(26,27)28)8-16(7-14)30-20(34)12(9-29)5-13-10-31(11-19(32)33)18-4-2-1-3-17(13)18;1-14-7-8-17(29-2)10-19(14)24-22(28)15(11-23)9-16-12-25(13-21(26)27)20-6-4-3-5-18(16)20/h1-8,10H,11H2,(H,30,34)(H,32,33);3-10,12H,13H2,1-2H3,(H,24,28)(H,26,27). The molecule has 2 heterocycles. The van der Waals surface area contributed by atoms with Crippen LogP contribution in [0.5, 0.6) is 5.75 Å². The molecule has 0 spiro atoms. The Morgan fingerprint density at radius 3 is 1.54 bits per heavy atom. The lowest BCUT2D eigenvalue weighted by molar-refractivity contribution is -0.143. The van der Waals surface area contributed by atoms with E-state index in [-0.39, 0.29) is 23.7 Å². The number of amides is 2. The summed E-state index contributed by atoms with van der Waals surface area (Å²) in [6.07, 6.45) is -4.71. The number of para-hydroxylation sites is 2. The zero-order chi connectivity index (χ0) is 46.2. The summed E-state index contributed by atoms with van der Waals surface area (Å²) in [5, 5.41) is 43.0. The van der Waals surface area contributed by atoms with Crippen molar-refractivity contribution >= 4 is 69.1 Å². The maximum absolute atomic E-state index is 13.0. The number of aromatic nitrogens is 2. The van der Waals surface area contributed by atoms with Crippen LogP contribution in [0.1, 0.15) is 27.8 Å². The number of aliphatic carboxylic acids is 2. The zero-order valence-corrected chi connectivity index (χ0v) is 32.8. The van der Waals surface area contributed by atoms with Crippen LogP contribution in [0.3, 0.4) is 0 Å². The van der Waals surface area contributed by atoms with Gasteiger partial charge in [0.25, 0.3) is 11.8 Å². The number of anilines is 2. The molecule has 0 aliphatic carbocycles. The monoisotopic (exact) mass is 870 g/mol. The molecule has 2 amide bonds. The summed E-state index contributed by atoms with van der Waals surface area (Å²) >= 11 is 0. The molecule has 6 aromatic rings. The molecular weight excluding hydrogens is 839 g/mol. The lowest BCUT2D eigenvalue weighted by atomic mass is 10.1. The summed E-state index contributed by atoms with van der Waals surface area (Å²) in [5.74, 6) is -3.35. The Morgan fingerprint density at radius 2 is 1.13 bits per heavy atom. The number of ether oxygens (including phenoxy) is 1. The molecule has 0 aliphatic rings. The zero-order valence-electron chi connectivity index (χ0n) is 32.8. The van der Waals surface area contributed by atoms with Crippen molar-refractivity contribution in [1.29, 1.82) is 10.5 Å². The fourth-order valence-electron chi connectivity index (χ4n) is 6.22. The molecule has 0 fully saturated rings. The summed E-state index contributed by atoms with van der Waals surface area (Å²) in [4.78, 5) is 47.4. The first-order chi connectivity index (χ1) is 29.7. The maximum atomic E-state index is 13.0. The molecule has 0 bridgehead atoms. The van der Waals surface area contributed by atoms with Gasteiger partial charge in [0.2, 0.25) is 0 Å². The Hall–Kier alpha value is -8.32. The minimum absolute atomic E-state index is 0.0893. The highest BCUT2D eigenvalue weighted by molar-refractivity contribution is 6.12. The largest absolute Gasteiger partial charge is 0.497 e. The number of carboxylic acid groups (broad SMARTS) is 2. The Kier molecular flexibility index (Phi) is 13.8. The number of rotatable bonds is 11. The topological polar surface area (TPSA) is 199 Å². The van der Waals surface area contributed by atoms with Gasteiger partial charge in [-0.05, 0) is 61.0 Å². The van der Waals surface area contributed by atoms with E-state index in [1.54, 1.807) is 65.4 Å². The van der Waals surface area contributed by atoms with Crippen molar-refractivity contribution in [3.8, 4) is 17.9 Å². The number of hydrogen-bond donors (Lipinski definition) is 4. The van der Waals surface area contributed by atoms with Gasteiger partial charge in [-0.1, -0.05) is 42.5 Å². The van der Waals surface area contributed by atoms with E-state index in [4.69, 9.17) is 14.9 Å². The SMILES string of the molecule is COc1ccc(C)c(NC(=O)C(C#N)=Cc2cn(CC(=O)O)c3ccccc23)c1.N#CC(=Cc1cn(CC(=O)O)c2ccccc12)C(=O)Nc1cc(C(F)(F)F)cc(C(F)(F)F)c1. The van der Waals surface area contributed by atoms with Crippen LogP contribution in [-0.4, -0.2) is 50.2 Å². The number of nitrogens with zero attached hydrogens (tertiary/aromatic N) is 4. The molecule has 0 radical (unpaired) electrons. The summed E-state index contributed by atoms with van der Waals surface area (Å²) in [5.41, 5.74) is -1.37. The molecule has 2 aromatic heterocycles. The number of methoxy groups -OCH3 is 1. The molecule has 0 aliphatic heterocycles. The van der Waals surface area contributed by atoms with Crippen LogP contribution in [0.2, 0.25) is 0 Å². The minimum atomic E-state index is -5.11. The van der Waals surface area contributed by atoms with Crippen molar-refractivity contribution in [1.82, 2.24) is 9.13 Å². The molecule has 322 valence electrons. The number of alkyl halides is 6. The fraction of sp³-hybridized carbons (Fsp3) is 0.136. The lowest BCUT2D eigenvalue weighted by Gasteiger charge is -2.14. The van der Waals surface area contributed by atoms with Crippen LogP contribution in [0.25, 0.3) is 34.0 Å². The molecule has 4 aromatic carbocycles. The van der Waals surface area contributed by atoms with Gasteiger partial charge in [0.05, 0.1) is 18.2 Å². The Morgan fingerprint density at radius 1 is 0.683 bits per heavy atom. The molecule has 63 heavy (non-hydrogen) atoms. The van der Waals surface area contributed by atoms with Crippen LogP contribution in [0, 0.1) is 29.6 Å². The summed E-state index contributed by atoms with van der Waals surface area (Å²) in [6.45, 7) is 1.20. The highest BCUT2D eigenvalue weighted by Crippen LogP contribution is 2.38. The van der Waals surface area contributed by atoms with E-state index in [1.807, 2.05) is 36.5 Å². The number of fused-ring (bicyclic) bond motifs is 2. The van der Waals surface area contributed by atoms with E-state index in [9.17, 15) is 56.0 Å². The van der Waals surface area contributed by atoms with E-state index in [0.717, 1.165) is 17.0 Å². The van der Waals surface area contributed by atoms with Gasteiger partial charge >= 0.3 is 24.3 Å². The molecule has 0 saturated carbocycles. The summed E-state index contributed by atoms with van der Waals surface area (Å²) < 4.78 is 86.3. The first-order valence-electron chi connectivity index (χ1n) is 18.1. The second-order valence-electron chi connectivity index (χ2n) is 13.5. The van der Waals surface area contributed by atoms with Gasteiger partial charge in [0.15, 0.2) is 0 Å². The third kappa shape index (κ3) is 11.3. The first kappa shape index (κ1) is 45.8. The molecule has 0 atom stereocenters. The average molecular weight is 871 g/mol. The smallest absolute Gasteiger partial charge is 0.416 e. The molecule has 19 heteroatoms. The first-order valence-corrected chi connectivity index (χ1v) is 18.1. The summed E-state index contributed by atoms with van der Waals surface area (Å²) in [7, 11) is 1.53. The minimum Gasteiger partial charge on any atom is -0.497 e. The number of carbonyl (C=O) groups is 4. The highest BCUT2D eigenvalue weighted by Gasteiger charge is 2.37. The van der Waals surface area contributed by atoms with Crippen molar-refractivity contribution < 1.29 is 60.5 Å². The Bertz CT molecular complexity index is 2880. The molecule has 13 nitrogen and oxygen atoms in total. The van der Waals surface area contributed by atoms with Gasteiger partial charge in [0.1, 0.15) is 42.1 Å². The molecule has 0 unspecified atom stereocenters. The van der Waals surface area contributed by atoms with E-state index in [2.05, 4.69) is 5.32 Å². The van der Waals surface area contributed by atoms with Gasteiger partial charge in [-0.2, -0.15) is 36.9 Å². The lowest BCUT2D eigenvalue weighted by Crippen LogP contribution is -2.16. The van der Waals surface area contributed by atoms with Crippen LogP contribution in [0.15, 0.2) is 108 Å². The maximum Gasteiger partial charge on any atom is 0.416 e. The number of carboxylic acids is 2. The van der Waals surface area contributed by atoms with Crippen molar-refractivity contribution in [2.45, 2.75) is 32.4 Å². The van der Waals surface area contributed by atoms with Gasteiger partial charge in [-0.25, -0.2) is 0 Å². The Balaban J connectivity index is 0.000000240. The number of aryl methyl sites for hydroxylation is 1. The van der Waals surface area contributed by atoms with Crippen molar-refractivity contribution in [3.63, 3.8) is 0 Å². The van der Waals surface area contributed by atoms with Crippen LogP contribution in [-0.2, 0) is 44.6 Å². The average Bonchev–Trinajstić information content (AvgIpc) is 3.74. The highest BCUT2D eigenvalue weighted by atomic mass is 19.4. The molecule has 0 saturated heterocycles. The van der Waals surface area contributed by atoms with Crippen LogP contribution in [0.4, 0.5) is 37.7 Å². The molecule has 4 N–H and O–H groups in total. The van der Waals surface area contributed by atoms with E-state index < -0.39 is 65.0 Å². The van der Waals surface area contributed by atoms with Crippen LogP contribution >= 0.6 is 0 Å². The van der Waals surface area contributed by atoms with E-state index in [0.29, 0.717) is 45.6 Å². The number of nitrogens with one attached hydrogen (secondary N) is 2. The van der Waals surface area contributed by atoms with Crippen molar-refractivity contribution in [2.75, 3.05) is 17.7 Å². The van der Waals surface area contributed by atoms with E-state index in [1.165, 1.54) is 23.9 Å². The number of benzene rings is 4. The predicted octanol–water partition coefficient (Wildman–Crippen LogP) is 8.90. The number of carbonyl (C=O) groups excluding carboxylic acids is 2. The van der Waals surface area contributed by atoms with Crippen LogP contribution < -0.4 is 15.4 Å². The molecular formula is C44H32F6N6O7. The van der Waals surface area contributed by atoms with Gasteiger partial charge < -0.3 is 34.7 Å². The number of hydrogen-bond acceptors (Lipinski definition) is 7. The number of halogens is 6. The second kappa shape index (κ2) is 18.9. The van der Waals surface area contributed by atoms with Gasteiger partial charge in [-0.3, -0.25) is 19.2 Å². The van der Waals surface area contributed by atoms with Gasteiger partial charge in [-0.15, -0.1) is 0 Å². The second-order valence-corrected chi connectivity index (χ2v) is 13.5.